The summed E-state index contributed by atoms with van der Waals surface area (Å²) in [5, 5.41) is 0.983. The van der Waals surface area contributed by atoms with Crippen LogP contribution in [0.1, 0.15) is 50.7 Å². The van der Waals surface area contributed by atoms with Crippen LogP contribution in [0.25, 0.3) is 10.9 Å². The molecule has 1 heterocycles. The summed E-state index contributed by atoms with van der Waals surface area (Å²) in [6.45, 7) is 5.50. The number of fused-ring (bicyclic) bond motifs is 1. The Kier molecular flexibility index (Phi) is 4.11. The Labute approximate surface area is 141 Å². The second-order valence-electron chi connectivity index (χ2n) is 7.27. The van der Waals surface area contributed by atoms with Crippen molar-refractivity contribution in [3.05, 3.63) is 35.5 Å². The molecular weight excluding hydrogens is 306 g/mol. The third-order valence-electron chi connectivity index (χ3n) is 4.11. The van der Waals surface area contributed by atoms with Gasteiger partial charge in [-0.3, -0.25) is 9.36 Å². The number of rotatable bonds is 3. The molecule has 5 nitrogen and oxygen atoms in total. The average molecular weight is 329 g/mol. The van der Waals surface area contributed by atoms with Crippen LogP contribution in [0, 0.1) is 0 Å². The van der Waals surface area contributed by atoms with Gasteiger partial charge < -0.3 is 9.47 Å². The maximum atomic E-state index is 12.6. The lowest BCUT2D eigenvalue weighted by atomic mass is 10.0. The largest absolute Gasteiger partial charge is 0.469 e. The monoisotopic (exact) mass is 329 g/mol. The van der Waals surface area contributed by atoms with Gasteiger partial charge in [-0.1, -0.05) is 12.1 Å². The lowest BCUT2D eigenvalue weighted by Crippen LogP contribution is -2.26. The first-order chi connectivity index (χ1) is 11.3. The van der Waals surface area contributed by atoms with Crippen LogP contribution < -0.4 is 0 Å². The van der Waals surface area contributed by atoms with Gasteiger partial charge in [-0.2, -0.15) is 0 Å². The van der Waals surface area contributed by atoms with Crippen molar-refractivity contribution < 1.29 is 19.1 Å². The highest BCUT2D eigenvalue weighted by molar-refractivity contribution is 5.96. The molecule has 1 fully saturated rings. The molecule has 128 valence electrons. The van der Waals surface area contributed by atoms with Crippen LogP contribution in [0.15, 0.2) is 24.4 Å². The predicted octanol–water partition coefficient (Wildman–Crippen LogP) is 4.02. The van der Waals surface area contributed by atoms with Crippen molar-refractivity contribution in [2.75, 3.05) is 7.11 Å². The van der Waals surface area contributed by atoms with E-state index in [-0.39, 0.29) is 12.4 Å². The summed E-state index contributed by atoms with van der Waals surface area (Å²) in [5.74, 6) is 0.198. The van der Waals surface area contributed by atoms with E-state index >= 15 is 0 Å². The molecule has 2 aromatic rings. The summed E-state index contributed by atoms with van der Waals surface area (Å²) in [4.78, 5) is 24.3. The fourth-order valence-electron chi connectivity index (χ4n) is 2.96. The predicted molar refractivity (Wildman–Crippen MR) is 91.3 cm³/mol. The number of esters is 1. The van der Waals surface area contributed by atoms with E-state index in [9.17, 15) is 9.59 Å². The van der Waals surface area contributed by atoms with Crippen molar-refractivity contribution >= 4 is 23.0 Å². The normalized spacial score (nSPS) is 14.7. The summed E-state index contributed by atoms with van der Waals surface area (Å²) in [6.07, 6.45) is 3.72. The van der Waals surface area contributed by atoms with Gasteiger partial charge in [0, 0.05) is 11.6 Å². The SMILES string of the molecule is COC(=O)Cc1cn(C(=O)OC(C)(C)C)c2cccc(C3CC3)c12. The number of hydrogen-bond acceptors (Lipinski definition) is 4. The molecule has 1 aliphatic carbocycles. The minimum atomic E-state index is -0.579. The zero-order valence-electron chi connectivity index (χ0n) is 14.6. The molecule has 1 saturated carbocycles. The number of hydrogen-bond donors (Lipinski definition) is 0. The number of nitrogens with zero attached hydrogens (tertiary/aromatic N) is 1. The Morgan fingerprint density at radius 1 is 1.25 bits per heavy atom. The van der Waals surface area contributed by atoms with E-state index < -0.39 is 11.7 Å². The number of methoxy groups -OCH3 is 1. The molecule has 0 bridgehead atoms. The fraction of sp³-hybridized carbons (Fsp3) is 0.474. The van der Waals surface area contributed by atoms with Crippen molar-refractivity contribution in [3.8, 4) is 0 Å². The maximum Gasteiger partial charge on any atom is 0.419 e. The Balaban J connectivity index is 2.11. The molecule has 0 unspecified atom stereocenters. The molecule has 0 atom stereocenters. The summed E-state index contributed by atoms with van der Waals surface area (Å²) in [6, 6.07) is 5.94. The van der Waals surface area contributed by atoms with Crippen LogP contribution in [-0.2, 0) is 20.7 Å². The van der Waals surface area contributed by atoms with E-state index in [0.29, 0.717) is 5.92 Å². The second kappa shape index (κ2) is 5.96. The first-order valence-corrected chi connectivity index (χ1v) is 8.23. The van der Waals surface area contributed by atoms with Crippen molar-refractivity contribution in [2.45, 2.75) is 51.6 Å². The molecule has 0 radical (unpaired) electrons. The smallest absolute Gasteiger partial charge is 0.419 e. The number of carbonyl (C=O) groups is 2. The number of aromatic nitrogens is 1. The van der Waals surface area contributed by atoms with Gasteiger partial charge in [-0.05, 0) is 56.7 Å². The van der Waals surface area contributed by atoms with E-state index in [1.807, 2.05) is 32.9 Å². The molecule has 0 saturated heterocycles. The average Bonchev–Trinajstić information content (AvgIpc) is 3.28. The molecule has 5 heteroatoms. The molecule has 0 aliphatic heterocycles. The van der Waals surface area contributed by atoms with Crippen LogP contribution in [0.2, 0.25) is 0 Å². The number of benzene rings is 1. The Morgan fingerprint density at radius 2 is 1.96 bits per heavy atom. The van der Waals surface area contributed by atoms with Crippen LogP contribution in [0.5, 0.6) is 0 Å². The minimum absolute atomic E-state index is 0.145. The topological polar surface area (TPSA) is 57.5 Å². The second-order valence-corrected chi connectivity index (χ2v) is 7.27. The van der Waals surface area contributed by atoms with Gasteiger partial charge >= 0.3 is 12.1 Å². The van der Waals surface area contributed by atoms with Gasteiger partial charge in [-0.15, -0.1) is 0 Å². The summed E-state index contributed by atoms with van der Waals surface area (Å²) in [5.41, 5.74) is 2.22. The van der Waals surface area contributed by atoms with Crippen LogP contribution in [0.3, 0.4) is 0 Å². The molecular formula is C19H23NO4. The van der Waals surface area contributed by atoms with Gasteiger partial charge in [0.15, 0.2) is 0 Å². The third-order valence-corrected chi connectivity index (χ3v) is 4.11. The van der Waals surface area contributed by atoms with Gasteiger partial charge in [0.2, 0.25) is 0 Å². The zero-order valence-corrected chi connectivity index (χ0v) is 14.6. The lowest BCUT2D eigenvalue weighted by Gasteiger charge is -2.19. The molecule has 3 rings (SSSR count). The Bertz CT molecular complexity index is 794. The van der Waals surface area contributed by atoms with Gasteiger partial charge in [0.05, 0.1) is 19.0 Å². The zero-order chi connectivity index (χ0) is 17.5. The minimum Gasteiger partial charge on any atom is -0.469 e. The van der Waals surface area contributed by atoms with Gasteiger partial charge in [0.25, 0.3) is 0 Å². The lowest BCUT2D eigenvalue weighted by molar-refractivity contribution is -0.139. The quantitative estimate of drug-likeness (QED) is 0.798. The Morgan fingerprint density at radius 3 is 2.54 bits per heavy atom. The van der Waals surface area contributed by atoms with E-state index in [2.05, 4.69) is 6.07 Å². The molecule has 1 aromatic carbocycles. The standard InChI is InChI=1S/C19H23NO4/c1-19(2,3)24-18(22)20-11-13(10-16(21)23-4)17-14(12-8-9-12)6-5-7-15(17)20/h5-7,11-12H,8-10H2,1-4H3. The summed E-state index contributed by atoms with van der Waals surface area (Å²) < 4.78 is 11.8. The maximum absolute atomic E-state index is 12.6. The van der Waals surface area contributed by atoms with Gasteiger partial charge in [-0.25, -0.2) is 4.79 Å². The Hall–Kier alpha value is -2.30. The van der Waals surface area contributed by atoms with Crippen LogP contribution in [0.4, 0.5) is 4.79 Å². The van der Waals surface area contributed by atoms with Crippen molar-refractivity contribution in [1.82, 2.24) is 4.57 Å². The van der Waals surface area contributed by atoms with Crippen LogP contribution in [-0.4, -0.2) is 29.3 Å². The molecule has 24 heavy (non-hydrogen) atoms. The van der Waals surface area contributed by atoms with Gasteiger partial charge in [0.1, 0.15) is 5.60 Å². The molecule has 1 aromatic heterocycles. The molecule has 1 aliphatic rings. The van der Waals surface area contributed by atoms with Crippen molar-refractivity contribution in [3.63, 3.8) is 0 Å². The molecule has 0 N–H and O–H groups in total. The third kappa shape index (κ3) is 3.30. The van der Waals surface area contributed by atoms with E-state index in [4.69, 9.17) is 9.47 Å². The highest BCUT2D eigenvalue weighted by Crippen LogP contribution is 2.44. The van der Waals surface area contributed by atoms with E-state index in [1.165, 1.54) is 17.2 Å². The summed E-state index contributed by atoms with van der Waals surface area (Å²) >= 11 is 0. The first kappa shape index (κ1) is 16.6. The highest BCUT2D eigenvalue weighted by atomic mass is 16.6. The van der Waals surface area contributed by atoms with Crippen LogP contribution >= 0.6 is 0 Å². The molecule has 0 amide bonds. The number of ether oxygens (including phenoxy) is 2. The van der Waals surface area contributed by atoms with Crippen molar-refractivity contribution in [1.29, 1.82) is 0 Å². The van der Waals surface area contributed by atoms with Crippen molar-refractivity contribution in [2.24, 2.45) is 0 Å². The highest BCUT2D eigenvalue weighted by Gasteiger charge is 2.29. The first-order valence-electron chi connectivity index (χ1n) is 8.23. The van der Waals surface area contributed by atoms with E-state index in [1.54, 1.807) is 6.20 Å². The fourth-order valence-corrected chi connectivity index (χ4v) is 2.96. The molecule has 0 spiro atoms. The van der Waals surface area contributed by atoms with E-state index in [0.717, 1.165) is 29.3 Å². The number of carbonyl (C=O) groups excluding carboxylic acids is 2. The summed E-state index contributed by atoms with van der Waals surface area (Å²) in [7, 11) is 1.37.